The summed E-state index contributed by atoms with van der Waals surface area (Å²) in [4.78, 5) is 40.4. The van der Waals surface area contributed by atoms with Gasteiger partial charge in [-0.05, 0) is 57.0 Å². The van der Waals surface area contributed by atoms with Gasteiger partial charge in [-0.3, -0.25) is 14.5 Å². The van der Waals surface area contributed by atoms with Gasteiger partial charge >= 0.3 is 6.03 Å². The van der Waals surface area contributed by atoms with E-state index in [1.165, 1.54) is 24.3 Å². The summed E-state index contributed by atoms with van der Waals surface area (Å²) in [5.41, 5.74) is -0.824. The predicted octanol–water partition coefficient (Wildman–Crippen LogP) is 1.47. The Kier molecular flexibility index (Phi) is 7.01. The molecule has 3 rings (SSSR count). The smallest absolute Gasteiger partial charge is 0.325 e. The molecule has 0 bridgehead atoms. The molecule has 1 unspecified atom stereocenters. The topological polar surface area (TPSA) is 81.8 Å². The molecule has 154 valence electrons. The molecule has 2 heterocycles. The summed E-state index contributed by atoms with van der Waals surface area (Å²) in [6.45, 7) is 3.46. The van der Waals surface area contributed by atoms with E-state index < -0.39 is 23.3 Å². The molecule has 2 N–H and O–H groups in total. The lowest BCUT2D eigenvalue weighted by Crippen LogP contribution is -2.47. The number of carbonyl (C=O) groups is 3. The molecule has 2 saturated heterocycles. The summed E-state index contributed by atoms with van der Waals surface area (Å²) in [6, 6.07) is 4.80. The molecular formula is C19H26ClFN4O3. The van der Waals surface area contributed by atoms with Gasteiger partial charge in [0.15, 0.2) is 0 Å². The maximum absolute atomic E-state index is 13.2. The number of amides is 4. The van der Waals surface area contributed by atoms with E-state index in [4.69, 9.17) is 0 Å². The summed E-state index contributed by atoms with van der Waals surface area (Å²) in [7, 11) is 1.91. The summed E-state index contributed by atoms with van der Waals surface area (Å²) in [5, 5.41) is 5.78. The van der Waals surface area contributed by atoms with Crippen molar-refractivity contribution in [1.29, 1.82) is 0 Å². The van der Waals surface area contributed by atoms with E-state index in [1.807, 2.05) is 7.05 Å². The normalized spacial score (nSPS) is 22.8. The fourth-order valence-electron chi connectivity index (χ4n) is 3.73. The van der Waals surface area contributed by atoms with Crippen LogP contribution in [0.4, 0.5) is 9.18 Å². The second-order valence-electron chi connectivity index (χ2n) is 7.34. The van der Waals surface area contributed by atoms with Crippen LogP contribution in [0.15, 0.2) is 24.3 Å². The fourth-order valence-corrected chi connectivity index (χ4v) is 3.73. The van der Waals surface area contributed by atoms with Crippen LogP contribution >= 0.6 is 12.4 Å². The zero-order valence-corrected chi connectivity index (χ0v) is 16.9. The van der Waals surface area contributed by atoms with Gasteiger partial charge in [0.05, 0.1) is 0 Å². The number of urea groups is 1. The average molecular weight is 413 g/mol. The Morgan fingerprint density at radius 2 is 1.86 bits per heavy atom. The van der Waals surface area contributed by atoms with Crippen molar-refractivity contribution in [3.8, 4) is 0 Å². The number of carbonyl (C=O) groups excluding carboxylic acids is 3. The van der Waals surface area contributed by atoms with Crippen molar-refractivity contribution in [1.82, 2.24) is 20.4 Å². The SMILES string of the molecule is CNCC1CCN(C(=O)CN2C(=O)NC(C)(c3ccc(F)cc3)C2=O)CC1.Cl. The Morgan fingerprint density at radius 3 is 2.43 bits per heavy atom. The minimum absolute atomic E-state index is 0. The summed E-state index contributed by atoms with van der Waals surface area (Å²) in [5.74, 6) is -0.618. The maximum Gasteiger partial charge on any atom is 0.325 e. The lowest BCUT2D eigenvalue weighted by atomic mass is 9.92. The van der Waals surface area contributed by atoms with Crippen molar-refractivity contribution >= 4 is 30.3 Å². The van der Waals surface area contributed by atoms with Gasteiger partial charge in [0.25, 0.3) is 5.91 Å². The van der Waals surface area contributed by atoms with E-state index in [1.54, 1.807) is 11.8 Å². The second-order valence-corrected chi connectivity index (χ2v) is 7.34. The van der Waals surface area contributed by atoms with E-state index in [0.717, 1.165) is 24.3 Å². The van der Waals surface area contributed by atoms with Crippen LogP contribution in [-0.4, -0.2) is 60.9 Å². The molecule has 0 aliphatic carbocycles. The van der Waals surface area contributed by atoms with Crippen molar-refractivity contribution in [2.75, 3.05) is 33.2 Å². The highest BCUT2D eigenvalue weighted by Gasteiger charge is 2.49. The Labute approximate surface area is 170 Å². The van der Waals surface area contributed by atoms with Crippen molar-refractivity contribution in [3.05, 3.63) is 35.6 Å². The molecule has 2 fully saturated rings. The van der Waals surface area contributed by atoms with Crippen molar-refractivity contribution < 1.29 is 18.8 Å². The first kappa shape index (κ1) is 22.1. The first-order chi connectivity index (χ1) is 12.8. The van der Waals surface area contributed by atoms with Crippen LogP contribution in [0.2, 0.25) is 0 Å². The third-order valence-electron chi connectivity index (χ3n) is 5.45. The van der Waals surface area contributed by atoms with E-state index in [2.05, 4.69) is 10.6 Å². The van der Waals surface area contributed by atoms with Gasteiger partial charge in [0.2, 0.25) is 5.91 Å². The van der Waals surface area contributed by atoms with Crippen LogP contribution in [0.25, 0.3) is 0 Å². The lowest BCUT2D eigenvalue weighted by Gasteiger charge is -2.32. The van der Waals surface area contributed by atoms with Crippen LogP contribution in [-0.2, 0) is 15.1 Å². The highest BCUT2D eigenvalue weighted by atomic mass is 35.5. The summed E-state index contributed by atoms with van der Waals surface area (Å²) < 4.78 is 13.2. The molecule has 28 heavy (non-hydrogen) atoms. The standard InChI is InChI=1S/C19H25FN4O3.ClH/c1-19(14-3-5-15(20)6-4-14)17(26)24(18(27)22-19)12-16(25)23-9-7-13(8-10-23)11-21-2;/h3-6,13,21H,7-12H2,1-2H3,(H,22,27);1H. The summed E-state index contributed by atoms with van der Waals surface area (Å²) >= 11 is 0. The van der Waals surface area contributed by atoms with Gasteiger partial charge in [0.1, 0.15) is 17.9 Å². The van der Waals surface area contributed by atoms with Crippen LogP contribution in [0.3, 0.4) is 0 Å². The molecule has 7 nitrogen and oxygen atoms in total. The van der Waals surface area contributed by atoms with Crippen LogP contribution in [0.5, 0.6) is 0 Å². The summed E-state index contributed by atoms with van der Waals surface area (Å²) in [6.07, 6.45) is 1.81. The predicted molar refractivity (Wildman–Crippen MR) is 104 cm³/mol. The molecule has 1 aromatic carbocycles. The maximum atomic E-state index is 13.2. The Balaban J connectivity index is 0.00000280. The van der Waals surface area contributed by atoms with Gasteiger partial charge in [-0.15, -0.1) is 12.4 Å². The Hall–Kier alpha value is -2.19. The zero-order chi connectivity index (χ0) is 19.6. The molecule has 0 radical (unpaired) electrons. The van der Waals surface area contributed by atoms with Crippen LogP contribution in [0, 0.1) is 11.7 Å². The fraction of sp³-hybridized carbons (Fsp3) is 0.526. The first-order valence-corrected chi connectivity index (χ1v) is 9.17. The van der Waals surface area contributed by atoms with E-state index in [-0.39, 0.29) is 24.9 Å². The van der Waals surface area contributed by atoms with Crippen molar-refractivity contribution in [2.24, 2.45) is 5.92 Å². The minimum Gasteiger partial charge on any atom is -0.341 e. The molecule has 0 spiro atoms. The molecule has 1 atom stereocenters. The lowest BCUT2D eigenvalue weighted by molar-refractivity contribution is -0.139. The Morgan fingerprint density at radius 1 is 1.25 bits per heavy atom. The molecule has 2 aliphatic rings. The van der Waals surface area contributed by atoms with Crippen LogP contribution in [0.1, 0.15) is 25.3 Å². The number of hydrogen-bond acceptors (Lipinski definition) is 4. The third-order valence-corrected chi connectivity index (χ3v) is 5.45. The van der Waals surface area contributed by atoms with E-state index in [0.29, 0.717) is 24.6 Å². The van der Waals surface area contributed by atoms with E-state index >= 15 is 0 Å². The van der Waals surface area contributed by atoms with Crippen molar-refractivity contribution in [2.45, 2.75) is 25.3 Å². The first-order valence-electron chi connectivity index (χ1n) is 9.17. The molecule has 9 heteroatoms. The number of likely N-dealkylation sites (tertiary alicyclic amines) is 1. The highest BCUT2D eigenvalue weighted by molar-refractivity contribution is 6.09. The number of rotatable bonds is 5. The largest absolute Gasteiger partial charge is 0.341 e. The molecule has 2 aliphatic heterocycles. The van der Waals surface area contributed by atoms with Gasteiger partial charge in [-0.2, -0.15) is 0 Å². The third kappa shape index (κ3) is 4.28. The highest BCUT2D eigenvalue weighted by Crippen LogP contribution is 2.29. The quantitative estimate of drug-likeness (QED) is 0.717. The number of halogens is 2. The average Bonchev–Trinajstić information content (AvgIpc) is 2.87. The number of piperidine rings is 1. The molecule has 4 amide bonds. The molecule has 0 saturated carbocycles. The van der Waals surface area contributed by atoms with Gasteiger partial charge in [0, 0.05) is 13.1 Å². The van der Waals surface area contributed by atoms with Gasteiger partial charge < -0.3 is 15.5 Å². The second kappa shape index (κ2) is 8.87. The number of benzene rings is 1. The number of imide groups is 1. The van der Waals surface area contributed by atoms with Gasteiger partial charge in [-0.25, -0.2) is 9.18 Å². The van der Waals surface area contributed by atoms with Gasteiger partial charge in [-0.1, -0.05) is 12.1 Å². The van der Waals surface area contributed by atoms with E-state index in [9.17, 15) is 18.8 Å². The number of nitrogens with one attached hydrogen (secondary N) is 2. The van der Waals surface area contributed by atoms with Crippen LogP contribution < -0.4 is 10.6 Å². The molecule has 1 aromatic rings. The molecular weight excluding hydrogens is 387 g/mol. The zero-order valence-electron chi connectivity index (χ0n) is 16.0. The Bertz CT molecular complexity index is 737. The number of hydrogen-bond donors (Lipinski definition) is 2. The number of nitrogens with zero attached hydrogens (tertiary/aromatic N) is 2. The minimum atomic E-state index is -1.30. The van der Waals surface area contributed by atoms with Crippen molar-refractivity contribution in [3.63, 3.8) is 0 Å². The monoisotopic (exact) mass is 412 g/mol. The molecule has 0 aromatic heterocycles.